The van der Waals surface area contributed by atoms with Gasteiger partial charge in [0, 0.05) is 11.4 Å². The maximum atomic E-state index is 14.7. The van der Waals surface area contributed by atoms with Gasteiger partial charge < -0.3 is 24.4 Å². The Morgan fingerprint density at radius 2 is 2.13 bits per heavy atom. The van der Waals surface area contributed by atoms with Crippen molar-refractivity contribution in [3.8, 4) is 0 Å². The molecule has 0 aromatic heterocycles. The first-order chi connectivity index (χ1) is 18.1. The van der Waals surface area contributed by atoms with Crippen LogP contribution in [0.5, 0.6) is 0 Å². The number of alkyl halides is 1. The number of fused-ring (bicyclic) bond motifs is 1. The van der Waals surface area contributed by atoms with Gasteiger partial charge in [0.05, 0.1) is 47.9 Å². The van der Waals surface area contributed by atoms with Gasteiger partial charge in [-0.05, 0) is 37.8 Å². The number of aryl methyl sites for hydroxylation is 1. The summed E-state index contributed by atoms with van der Waals surface area (Å²) in [5.74, 6) is -3.12. The van der Waals surface area contributed by atoms with Crippen LogP contribution in [0.4, 0.5) is 5.69 Å². The van der Waals surface area contributed by atoms with E-state index in [0.717, 1.165) is 5.56 Å². The Balaban J connectivity index is 1.90. The number of anilines is 1. The molecular formula is C28H36BrClN2O6. The van der Waals surface area contributed by atoms with E-state index in [4.69, 9.17) is 21.1 Å². The summed E-state index contributed by atoms with van der Waals surface area (Å²) in [4.78, 5) is 44.9. The maximum absolute atomic E-state index is 14.7. The highest BCUT2D eigenvalue weighted by Gasteiger charge is 2.77. The summed E-state index contributed by atoms with van der Waals surface area (Å²) < 4.78 is 11.9. The summed E-state index contributed by atoms with van der Waals surface area (Å²) >= 11 is 10.3. The fourth-order valence-corrected chi connectivity index (χ4v) is 7.83. The van der Waals surface area contributed by atoms with Gasteiger partial charge in [-0.3, -0.25) is 14.4 Å². The first-order valence-electron chi connectivity index (χ1n) is 13.2. The van der Waals surface area contributed by atoms with Gasteiger partial charge in [0.1, 0.15) is 11.6 Å². The van der Waals surface area contributed by atoms with E-state index in [2.05, 4.69) is 22.5 Å². The monoisotopic (exact) mass is 610 g/mol. The third kappa shape index (κ3) is 4.39. The van der Waals surface area contributed by atoms with Crippen molar-refractivity contribution in [1.82, 2.24) is 4.90 Å². The summed E-state index contributed by atoms with van der Waals surface area (Å²) in [5.41, 5.74) is 0.0535. The van der Waals surface area contributed by atoms with Crippen LogP contribution in [0.1, 0.15) is 39.2 Å². The molecule has 3 saturated heterocycles. The highest BCUT2D eigenvalue weighted by molar-refractivity contribution is 9.09. The van der Waals surface area contributed by atoms with Crippen molar-refractivity contribution in [3.63, 3.8) is 0 Å². The van der Waals surface area contributed by atoms with Gasteiger partial charge in [-0.15, -0.1) is 6.58 Å². The van der Waals surface area contributed by atoms with E-state index in [1.54, 1.807) is 19.1 Å². The number of hydrogen-bond donors (Lipinski definition) is 1. The van der Waals surface area contributed by atoms with Gasteiger partial charge in [-0.25, -0.2) is 0 Å². The third-order valence-electron chi connectivity index (χ3n) is 8.40. The molecule has 10 heteroatoms. The number of carbonyl (C=O) groups excluding carboxylic acids is 3. The Morgan fingerprint density at radius 1 is 1.42 bits per heavy atom. The second kappa shape index (κ2) is 11.3. The number of aliphatic hydroxyl groups is 1. The number of halogens is 2. The molecule has 1 aromatic rings. The summed E-state index contributed by atoms with van der Waals surface area (Å²) in [5, 5.41) is 10.9. The summed E-state index contributed by atoms with van der Waals surface area (Å²) in [7, 11) is 0. The Bertz CT molecular complexity index is 1100. The number of hydrogen-bond acceptors (Lipinski definition) is 6. The lowest BCUT2D eigenvalue weighted by Crippen LogP contribution is -2.60. The highest BCUT2D eigenvalue weighted by Crippen LogP contribution is 2.61. The molecular weight excluding hydrogens is 576 g/mol. The SMILES string of the molecule is C=CCN(C(=O)[C@@H]1N([C@@H](CO)[C@@H](C)CC)C(=O)[C@H]2[C@H](C(=O)OCC)[C@H]3O[C@@]12CC3Br)c1c(C)cccc1Cl. The molecule has 3 aliphatic rings. The average Bonchev–Trinajstić information content (AvgIpc) is 3.47. The zero-order valence-corrected chi connectivity index (χ0v) is 24.6. The number of nitrogens with zero attached hydrogens (tertiary/aromatic N) is 2. The number of benzene rings is 1. The van der Waals surface area contributed by atoms with Crippen LogP contribution < -0.4 is 4.90 Å². The van der Waals surface area contributed by atoms with Crippen molar-refractivity contribution in [2.45, 2.75) is 69.2 Å². The van der Waals surface area contributed by atoms with E-state index in [-0.39, 0.29) is 42.3 Å². The van der Waals surface area contributed by atoms with Crippen molar-refractivity contribution in [1.29, 1.82) is 0 Å². The molecule has 0 saturated carbocycles. The molecule has 208 valence electrons. The Kier molecular flexibility index (Phi) is 8.62. The van der Waals surface area contributed by atoms with E-state index < -0.39 is 41.6 Å². The number of carbonyl (C=O) groups is 3. The second-order valence-corrected chi connectivity index (χ2v) is 12.0. The molecule has 0 aliphatic carbocycles. The largest absolute Gasteiger partial charge is 0.466 e. The van der Waals surface area contributed by atoms with Crippen LogP contribution in [0.25, 0.3) is 0 Å². The summed E-state index contributed by atoms with van der Waals surface area (Å²) in [6, 6.07) is 3.67. The van der Waals surface area contributed by atoms with E-state index in [9.17, 15) is 19.5 Å². The molecule has 4 rings (SSSR count). The molecule has 3 aliphatic heterocycles. The second-order valence-electron chi connectivity index (χ2n) is 10.4. The maximum Gasteiger partial charge on any atom is 0.312 e. The zero-order chi connectivity index (χ0) is 27.9. The van der Waals surface area contributed by atoms with Crippen molar-refractivity contribution in [2.75, 3.05) is 24.7 Å². The summed E-state index contributed by atoms with van der Waals surface area (Å²) in [6.07, 6.45) is 2.04. The molecule has 0 radical (unpaired) electrons. The number of esters is 1. The Morgan fingerprint density at radius 3 is 2.71 bits per heavy atom. The van der Waals surface area contributed by atoms with Gasteiger partial charge in [-0.1, -0.05) is 66.0 Å². The molecule has 2 bridgehead atoms. The minimum atomic E-state index is -1.26. The molecule has 1 unspecified atom stereocenters. The predicted octanol–water partition coefficient (Wildman–Crippen LogP) is 3.89. The van der Waals surface area contributed by atoms with E-state index in [1.807, 2.05) is 32.9 Å². The van der Waals surface area contributed by atoms with Crippen LogP contribution in [-0.4, -0.2) is 76.2 Å². The Hall–Kier alpha value is -1.94. The average molecular weight is 612 g/mol. The fourth-order valence-electron chi connectivity index (χ4n) is 6.56. The number of likely N-dealkylation sites (tertiary alicyclic amines) is 1. The van der Waals surface area contributed by atoms with Gasteiger partial charge >= 0.3 is 5.97 Å². The van der Waals surface area contributed by atoms with Gasteiger partial charge in [0.2, 0.25) is 5.91 Å². The molecule has 3 heterocycles. The van der Waals surface area contributed by atoms with E-state index in [0.29, 0.717) is 23.6 Å². The van der Waals surface area contributed by atoms with E-state index >= 15 is 0 Å². The van der Waals surface area contributed by atoms with Crippen LogP contribution in [0.2, 0.25) is 5.02 Å². The lowest BCUT2D eigenvalue weighted by molar-refractivity contribution is -0.155. The smallest absolute Gasteiger partial charge is 0.312 e. The van der Waals surface area contributed by atoms with Crippen molar-refractivity contribution in [3.05, 3.63) is 41.4 Å². The minimum absolute atomic E-state index is 0.109. The van der Waals surface area contributed by atoms with Crippen molar-refractivity contribution >= 4 is 51.0 Å². The number of rotatable bonds is 10. The molecule has 8 nitrogen and oxygen atoms in total. The van der Waals surface area contributed by atoms with Crippen LogP contribution in [-0.2, 0) is 23.9 Å². The van der Waals surface area contributed by atoms with Crippen molar-refractivity contribution < 1.29 is 29.0 Å². The van der Waals surface area contributed by atoms with Crippen molar-refractivity contribution in [2.24, 2.45) is 17.8 Å². The molecule has 8 atom stereocenters. The Labute approximate surface area is 237 Å². The first-order valence-corrected chi connectivity index (χ1v) is 14.5. The van der Waals surface area contributed by atoms with Gasteiger partial charge in [0.25, 0.3) is 5.91 Å². The van der Waals surface area contributed by atoms with Crippen LogP contribution in [0.15, 0.2) is 30.9 Å². The standard InChI is InChI=1S/C28H36BrClN2O6/c1-6-12-31(22-16(5)10-9-11-18(22)30)26(35)24-28-13-17(29)23(38-28)20(27(36)37-8-3)21(28)25(34)32(24)19(14-33)15(4)7-2/h6,9-11,15,17,19-21,23-24,33H,1,7-8,12-14H2,2-5H3/t15-,17?,19-,20-,21+,23-,24-,28+/m0/s1. The highest BCUT2D eigenvalue weighted by atomic mass is 79.9. The third-order valence-corrected chi connectivity index (χ3v) is 9.55. The quantitative estimate of drug-likeness (QED) is 0.245. The topological polar surface area (TPSA) is 96.4 Å². The summed E-state index contributed by atoms with van der Waals surface area (Å²) in [6.45, 7) is 11.3. The first kappa shape index (κ1) is 29.1. The zero-order valence-electron chi connectivity index (χ0n) is 22.2. The number of amides is 2. The van der Waals surface area contributed by atoms with Gasteiger partial charge in [-0.2, -0.15) is 0 Å². The van der Waals surface area contributed by atoms with Crippen LogP contribution >= 0.6 is 27.5 Å². The molecule has 1 aromatic carbocycles. The molecule has 38 heavy (non-hydrogen) atoms. The number of para-hydroxylation sites is 1. The van der Waals surface area contributed by atoms with Gasteiger partial charge in [0.15, 0.2) is 0 Å². The minimum Gasteiger partial charge on any atom is -0.466 e. The number of ether oxygens (including phenoxy) is 2. The number of aliphatic hydroxyl groups excluding tert-OH is 1. The normalized spacial score (nSPS) is 31.2. The predicted molar refractivity (Wildman–Crippen MR) is 148 cm³/mol. The lowest BCUT2D eigenvalue weighted by atomic mass is 9.70. The molecule has 2 amide bonds. The molecule has 3 fully saturated rings. The lowest BCUT2D eigenvalue weighted by Gasteiger charge is -2.41. The molecule has 1 N–H and O–H groups in total. The molecule has 1 spiro atoms. The van der Waals surface area contributed by atoms with E-state index in [1.165, 1.54) is 9.80 Å². The van der Waals surface area contributed by atoms with Crippen LogP contribution in [0.3, 0.4) is 0 Å². The van der Waals surface area contributed by atoms with Crippen LogP contribution in [0, 0.1) is 24.7 Å². The fraction of sp³-hybridized carbons (Fsp3) is 0.607.